The topological polar surface area (TPSA) is 83.6 Å². The molecule has 5 atom stereocenters. The minimum absolute atomic E-state index is 0.0109. The fourth-order valence-corrected chi connectivity index (χ4v) is 7.42. The number of aryl methyl sites for hydroxylation is 1. The second kappa shape index (κ2) is 8.08. The number of anilines is 1. The first-order valence-electron chi connectivity index (χ1n) is 12.3. The van der Waals surface area contributed by atoms with Crippen molar-refractivity contribution in [3.8, 4) is 0 Å². The molecule has 0 aliphatic heterocycles. The zero-order valence-electron chi connectivity index (χ0n) is 19.1. The fourth-order valence-electron chi connectivity index (χ4n) is 7.42. The number of benzene rings is 1. The van der Waals surface area contributed by atoms with Crippen LogP contribution in [0.25, 0.3) is 0 Å². The molecule has 3 aromatic rings. The molecule has 1 saturated carbocycles. The Bertz CT molecular complexity index is 1160. The first-order chi connectivity index (χ1) is 16.1. The van der Waals surface area contributed by atoms with Crippen molar-refractivity contribution in [2.24, 2.45) is 11.8 Å². The van der Waals surface area contributed by atoms with Gasteiger partial charge in [0, 0.05) is 23.7 Å². The molecule has 6 nitrogen and oxygen atoms in total. The van der Waals surface area contributed by atoms with Crippen LogP contribution in [0.3, 0.4) is 0 Å². The monoisotopic (exact) mass is 441 g/mol. The van der Waals surface area contributed by atoms with Gasteiger partial charge in [0.2, 0.25) is 5.91 Å². The van der Waals surface area contributed by atoms with Crippen molar-refractivity contribution in [1.82, 2.24) is 20.4 Å². The summed E-state index contributed by atoms with van der Waals surface area (Å²) >= 11 is 0. The second-order valence-corrected chi connectivity index (χ2v) is 10.3. The van der Waals surface area contributed by atoms with Crippen LogP contribution in [0, 0.1) is 11.8 Å². The number of H-pyrrole nitrogens is 1. The Kier molecular flexibility index (Phi) is 5.04. The number of fused-ring (bicyclic) bond motifs is 7. The maximum absolute atomic E-state index is 12.5. The molecule has 6 heteroatoms. The van der Waals surface area contributed by atoms with Crippen LogP contribution in [0.5, 0.6) is 0 Å². The van der Waals surface area contributed by atoms with E-state index in [-0.39, 0.29) is 11.3 Å². The first kappa shape index (κ1) is 20.6. The van der Waals surface area contributed by atoms with Crippen LogP contribution < -0.4 is 5.32 Å². The van der Waals surface area contributed by atoms with E-state index in [0.29, 0.717) is 35.9 Å². The van der Waals surface area contributed by atoms with Gasteiger partial charge in [-0.05, 0) is 91.0 Å². The Morgan fingerprint density at radius 3 is 2.97 bits per heavy atom. The van der Waals surface area contributed by atoms with Gasteiger partial charge in [-0.3, -0.25) is 9.89 Å². The molecule has 1 aromatic carbocycles. The van der Waals surface area contributed by atoms with Gasteiger partial charge in [-0.25, -0.2) is 0 Å². The Hall–Kier alpha value is -3.02. The van der Waals surface area contributed by atoms with Gasteiger partial charge in [-0.2, -0.15) is 10.2 Å². The summed E-state index contributed by atoms with van der Waals surface area (Å²) in [7, 11) is 0. The largest absolute Gasteiger partial charge is 0.309 e. The zero-order chi connectivity index (χ0) is 22.4. The molecule has 6 rings (SSSR count). The van der Waals surface area contributed by atoms with Crippen LogP contribution in [-0.4, -0.2) is 26.3 Å². The lowest BCUT2D eigenvalue weighted by atomic mass is 9.53. The lowest BCUT2D eigenvalue weighted by Crippen LogP contribution is -2.44. The smallest absolute Gasteiger partial charge is 0.225 e. The van der Waals surface area contributed by atoms with E-state index >= 15 is 0 Å². The molecule has 2 aromatic heterocycles. The second-order valence-electron chi connectivity index (χ2n) is 10.3. The van der Waals surface area contributed by atoms with Crippen LogP contribution in [0.15, 0.2) is 48.8 Å². The Morgan fingerprint density at radius 1 is 1.18 bits per heavy atom. The molecule has 170 valence electrons. The third-order valence-corrected chi connectivity index (χ3v) is 8.72. The van der Waals surface area contributed by atoms with Crippen molar-refractivity contribution in [1.29, 1.82) is 0 Å². The van der Waals surface area contributed by atoms with E-state index in [0.717, 1.165) is 12.8 Å². The third-order valence-electron chi connectivity index (χ3n) is 8.72. The maximum Gasteiger partial charge on any atom is 0.225 e. The van der Waals surface area contributed by atoms with E-state index in [4.69, 9.17) is 0 Å². The summed E-state index contributed by atoms with van der Waals surface area (Å²) in [6, 6.07) is 12.7. The summed E-state index contributed by atoms with van der Waals surface area (Å²) in [6.07, 6.45) is 11.0. The molecule has 33 heavy (non-hydrogen) atoms. The van der Waals surface area contributed by atoms with Crippen molar-refractivity contribution >= 4 is 11.7 Å². The number of aromatic nitrogens is 4. The van der Waals surface area contributed by atoms with E-state index in [1.54, 1.807) is 29.5 Å². The number of hydrogen-bond acceptors (Lipinski definition) is 4. The molecule has 3 aliphatic carbocycles. The van der Waals surface area contributed by atoms with Gasteiger partial charge < -0.3 is 5.32 Å². The van der Waals surface area contributed by atoms with Crippen LogP contribution in [0.1, 0.15) is 79.7 Å². The van der Waals surface area contributed by atoms with Crippen LogP contribution >= 0.6 is 0 Å². The third kappa shape index (κ3) is 3.38. The van der Waals surface area contributed by atoms with Gasteiger partial charge in [-0.15, -0.1) is 5.10 Å². The summed E-state index contributed by atoms with van der Waals surface area (Å²) in [5.41, 5.74) is 6.06. The maximum atomic E-state index is 12.5. The Balaban J connectivity index is 1.22. The number of nitrogens with zero attached hydrogens (tertiary/aromatic N) is 3. The highest BCUT2D eigenvalue weighted by atomic mass is 16.1. The van der Waals surface area contributed by atoms with E-state index in [2.05, 4.69) is 63.1 Å². The zero-order valence-corrected chi connectivity index (χ0v) is 19.1. The van der Waals surface area contributed by atoms with E-state index in [1.807, 2.05) is 0 Å². The minimum atomic E-state index is 0.0109. The molecule has 0 saturated heterocycles. The normalized spacial score (nSPS) is 29.5. The number of amides is 1. The fraction of sp³-hybridized carbons (Fsp3) is 0.481. The predicted molar refractivity (Wildman–Crippen MR) is 127 cm³/mol. The van der Waals surface area contributed by atoms with E-state index in [9.17, 15) is 4.79 Å². The Labute approximate surface area is 194 Å². The van der Waals surface area contributed by atoms with Crippen molar-refractivity contribution < 1.29 is 4.79 Å². The van der Waals surface area contributed by atoms with Gasteiger partial charge in [0.25, 0.3) is 0 Å². The highest BCUT2D eigenvalue weighted by Gasteiger charge is 2.57. The van der Waals surface area contributed by atoms with Crippen molar-refractivity contribution in [2.75, 3.05) is 5.32 Å². The summed E-state index contributed by atoms with van der Waals surface area (Å²) in [5, 5.41) is 18.5. The van der Waals surface area contributed by atoms with E-state index in [1.165, 1.54) is 36.9 Å². The van der Waals surface area contributed by atoms with E-state index < -0.39 is 0 Å². The van der Waals surface area contributed by atoms with Gasteiger partial charge >= 0.3 is 0 Å². The summed E-state index contributed by atoms with van der Waals surface area (Å²) in [6.45, 7) is 2.46. The highest BCUT2D eigenvalue weighted by Crippen LogP contribution is 2.64. The van der Waals surface area contributed by atoms with Gasteiger partial charge in [-0.1, -0.05) is 31.2 Å². The molecule has 0 spiro atoms. The highest BCUT2D eigenvalue weighted by molar-refractivity contribution is 5.89. The van der Waals surface area contributed by atoms with Crippen LogP contribution in [0.2, 0.25) is 0 Å². The quantitative estimate of drug-likeness (QED) is 0.576. The SMILES string of the molecule is C[C@]12CCC3c4ccccc4CCC3C1[C@H](CCCC(=O)Nc1cccnn1)c1cn[nH]c12. The molecule has 1 fully saturated rings. The Morgan fingerprint density at radius 2 is 2.09 bits per heavy atom. The lowest BCUT2D eigenvalue weighted by Gasteiger charge is -2.50. The van der Waals surface area contributed by atoms with Crippen molar-refractivity contribution in [3.63, 3.8) is 0 Å². The van der Waals surface area contributed by atoms with Gasteiger partial charge in [0.15, 0.2) is 5.82 Å². The average molecular weight is 442 g/mol. The molecule has 3 aliphatic rings. The molecule has 3 unspecified atom stereocenters. The number of rotatable bonds is 5. The summed E-state index contributed by atoms with van der Waals surface area (Å²) in [5.74, 6) is 2.95. The first-order valence-corrected chi connectivity index (χ1v) is 12.3. The number of aromatic amines is 1. The number of carbonyl (C=O) groups is 1. The molecule has 2 N–H and O–H groups in total. The van der Waals surface area contributed by atoms with Gasteiger partial charge in [0.05, 0.1) is 6.20 Å². The summed E-state index contributed by atoms with van der Waals surface area (Å²) in [4.78, 5) is 12.5. The molecular weight excluding hydrogens is 410 g/mol. The molecule has 0 radical (unpaired) electrons. The lowest BCUT2D eigenvalue weighted by molar-refractivity contribution is -0.116. The number of nitrogens with one attached hydrogen (secondary N) is 2. The molecule has 2 heterocycles. The predicted octanol–water partition coefficient (Wildman–Crippen LogP) is 5.12. The average Bonchev–Trinajstić information content (AvgIpc) is 3.41. The summed E-state index contributed by atoms with van der Waals surface area (Å²) < 4.78 is 0. The number of hydrogen-bond donors (Lipinski definition) is 2. The van der Waals surface area contributed by atoms with Crippen LogP contribution in [-0.2, 0) is 16.6 Å². The minimum Gasteiger partial charge on any atom is -0.309 e. The number of carbonyl (C=O) groups excluding carboxylic acids is 1. The van der Waals surface area contributed by atoms with Crippen molar-refractivity contribution in [2.45, 2.75) is 69.1 Å². The van der Waals surface area contributed by atoms with Gasteiger partial charge in [0.1, 0.15) is 0 Å². The van der Waals surface area contributed by atoms with Crippen molar-refractivity contribution in [3.05, 3.63) is 71.2 Å². The molecular formula is C27H31N5O. The molecule has 1 amide bonds. The molecule has 0 bridgehead atoms. The van der Waals surface area contributed by atoms with Crippen LogP contribution in [0.4, 0.5) is 5.82 Å². The standard InChI is InChI=1S/C27H31N5O/c1-27-14-13-19-18-7-3-2-6-17(18)11-12-21(19)25(27)20(22-16-29-32-26(22)27)8-4-10-24(33)30-23-9-5-15-28-31-23/h2-3,5-7,9,15-16,19-21,25H,4,8,10-14H2,1H3,(H,29,32)(H,30,31,33)/t19?,20-,21?,25?,27+/m1/s1.